The van der Waals surface area contributed by atoms with Crippen molar-refractivity contribution in [1.29, 1.82) is 0 Å². The van der Waals surface area contributed by atoms with Crippen LogP contribution in [0.1, 0.15) is 42.6 Å². The molecular formula is C19H22N4O4. The summed E-state index contributed by atoms with van der Waals surface area (Å²) in [6.07, 6.45) is 3.30. The first-order valence-corrected chi connectivity index (χ1v) is 9.40. The fraction of sp³-hybridized carbons (Fsp3) is 0.526. The van der Waals surface area contributed by atoms with E-state index in [4.69, 9.17) is 14.4 Å². The molecule has 2 aliphatic heterocycles. The molecule has 8 heteroatoms. The van der Waals surface area contributed by atoms with Gasteiger partial charge in [-0.25, -0.2) is 4.79 Å². The predicted octanol–water partition coefficient (Wildman–Crippen LogP) is 2.07. The molecule has 1 aromatic carbocycles. The minimum absolute atomic E-state index is 0.0396. The van der Waals surface area contributed by atoms with Gasteiger partial charge in [-0.05, 0) is 30.2 Å². The predicted molar refractivity (Wildman–Crippen MR) is 93.1 cm³/mol. The molecule has 5 rings (SSSR count). The van der Waals surface area contributed by atoms with Gasteiger partial charge in [-0.3, -0.25) is 4.84 Å². The molecule has 142 valence electrons. The molecule has 2 saturated heterocycles. The van der Waals surface area contributed by atoms with Gasteiger partial charge in [0.15, 0.2) is 0 Å². The molecule has 2 aromatic rings. The van der Waals surface area contributed by atoms with Crippen molar-refractivity contribution in [2.75, 3.05) is 13.2 Å². The highest BCUT2D eigenvalue weighted by molar-refractivity contribution is 5.77. The van der Waals surface area contributed by atoms with Crippen molar-refractivity contribution in [3.05, 3.63) is 47.7 Å². The standard InChI is InChI=1S/C19H22N4O4/c24-9-6-16-20-21-17(27-16)14-10-19(7-8-19)15-11-22(14)18(25)23(15)26-12-13-4-2-1-3-5-13/h1-5,14-15,24H,6-12H2/t14-,15?/m0/s1. The number of aliphatic hydroxyl groups is 1. The Labute approximate surface area is 156 Å². The quantitative estimate of drug-likeness (QED) is 0.837. The largest absolute Gasteiger partial charge is 0.423 e. The van der Waals surface area contributed by atoms with Crippen molar-refractivity contribution in [3.63, 3.8) is 0 Å². The van der Waals surface area contributed by atoms with Crippen molar-refractivity contribution in [1.82, 2.24) is 20.2 Å². The Morgan fingerprint density at radius 2 is 2.07 bits per heavy atom. The lowest BCUT2D eigenvalue weighted by molar-refractivity contribution is -0.153. The van der Waals surface area contributed by atoms with Gasteiger partial charge in [-0.15, -0.1) is 10.2 Å². The second-order valence-electron chi connectivity index (χ2n) is 7.63. The van der Waals surface area contributed by atoms with E-state index < -0.39 is 0 Å². The Kier molecular flexibility index (Phi) is 3.91. The zero-order valence-corrected chi connectivity index (χ0v) is 15.0. The number of carbonyl (C=O) groups is 1. The molecule has 0 radical (unpaired) electrons. The molecule has 1 N–H and O–H groups in total. The molecule has 3 heterocycles. The van der Waals surface area contributed by atoms with Crippen LogP contribution in [0.5, 0.6) is 0 Å². The van der Waals surface area contributed by atoms with Gasteiger partial charge in [0.1, 0.15) is 12.6 Å². The smallest absolute Gasteiger partial charge is 0.345 e. The van der Waals surface area contributed by atoms with Crippen LogP contribution in [-0.2, 0) is 17.9 Å². The monoisotopic (exact) mass is 370 g/mol. The number of hydrogen-bond acceptors (Lipinski definition) is 6. The van der Waals surface area contributed by atoms with Gasteiger partial charge in [0.05, 0.1) is 12.6 Å². The first-order chi connectivity index (χ1) is 13.2. The molecule has 3 fully saturated rings. The van der Waals surface area contributed by atoms with Crippen LogP contribution in [0.15, 0.2) is 34.7 Å². The summed E-state index contributed by atoms with van der Waals surface area (Å²) in [7, 11) is 0. The van der Waals surface area contributed by atoms with Crippen molar-refractivity contribution in [2.24, 2.45) is 5.41 Å². The number of aromatic nitrogens is 2. The van der Waals surface area contributed by atoms with Crippen LogP contribution >= 0.6 is 0 Å². The van der Waals surface area contributed by atoms with Crippen molar-refractivity contribution in [3.8, 4) is 0 Å². The highest BCUT2D eigenvalue weighted by atomic mass is 16.7. The van der Waals surface area contributed by atoms with Crippen LogP contribution in [0.4, 0.5) is 4.79 Å². The van der Waals surface area contributed by atoms with Gasteiger partial charge in [0, 0.05) is 13.0 Å². The van der Waals surface area contributed by atoms with Crippen LogP contribution in [0.3, 0.4) is 0 Å². The van der Waals surface area contributed by atoms with Gasteiger partial charge < -0.3 is 14.4 Å². The number of carbonyl (C=O) groups excluding carboxylic acids is 1. The van der Waals surface area contributed by atoms with Crippen LogP contribution in [0, 0.1) is 5.41 Å². The normalized spacial score (nSPS) is 25.4. The average molecular weight is 370 g/mol. The number of fused-ring (bicyclic) bond motifs is 3. The molecule has 27 heavy (non-hydrogen) atoms. The van der Waals surface area contributed by atoms with Crippen LogP contribution < -0.4 is 0 Å². The summed E-state index contributed by atoms with van der Waals surface area (Å²) in [5.74, 6) is 0.865. The Hall–Kier alpha value is -2.45. The Balaban J connectivity index is 1.37. The maximum Gasteiger partial charge on any atom is 0.345 e. The van der Waals surface area contributed by atoms with E-state index in [1.54, 1.807) is 9.96 Å². The number of hydroxylamine groups is 2. The molecule has 2 amide bonds. The summed E-state index contributed by atoms with van der Waals surface area (Å²) in [6.45, 7) is 0.955. The van der Waals surface area contributed by atoms with E-state index in [1.165, 1.54) is 0 Å². The third-order valence-electron chi connectivity index (χ3n) is 5.97. The highest BCUT2D eigenvalue weighted by Crippen LogP contribution is 2.61. The van der Waals surface area contributed by atoms with E-state index in [-0.39, 0.29) is 30.1 Å². The van der Waals surface area contributed by atoms with E-state index in [2.05, 4.69) is 10.2 Å². The minimum Gasteiger partial charge on any atom is -0.423 e. The SMILES string of the molecule is O=C1N(OCc2ccccc2)C2CN1[C@H](c1nnc(CCO)o1)CC21CC1. The first kappa shape index (κ1) is 16.7. The van der Waals surface area contributed by atoms with Crippen LogP contribution in [0.25, 0.3) is 0 Å². The molecule has 8 nitrogen and oxygen atoms in total. The Morgan fingerprint density at radius 3 is 2.81 bits per heavy atom. The van der Waals surface area contributed by atoms with E-state index in [0.717, 1.165) is 24.8 Å². The summed E-state index contributed by atoms with van der Waals surface area (Å²) >= 11 is 0. The van der Waals surface area contributed by atoms with Crippen molar-refractivity contribution >= 4 is 6.03 Å². The molecule has 3 aliphatic rings. The number of nitrogens with zero attached hydrogens (tertiary/aromatic N) is 4. The number of hydrogen-bond donors (Lipinski definition) is 1. The van der Waals surface area contributed by atoms with Gasteiger partial charge >= 0.3 is 6.03 Å². The molecule has 1 spiro atoms. The summed E-state index contributed by atoms with van der Waals surface area (Å²) in [4.78, 5) is 20.8. The third kappa shape index (κ3) is 2.80. The van der Waals surface area contributed by atoms with Gasteiger partial charge in [-0.1, -0.05) is 30.3 Å². The second-order valence-corrected chi connectivity index (χ2v) is 7.63. The van der Waals surface area contributed by atoms with Crippen LogP contribution in [-0.4, -0.2) is 50.5 Å². The first-order valence-electron chi connectivity index (χ1n) is 9.40. The Bertz CT molecular complexity index is 835. The number of amides is 2. The summed E-state index contributed by atoms with van der Waals surface area (Å²) < 4.78 is 5.71. The summed E-state index contributed by atoms with van der Waals surface area (Å²) in [5, 5.41) is 18.8. The van der Waals surface area contributed by atoms with E-state index in [0.29, 0.717) is 31.4 Å². The van der Waals surface area contributed by atoms with Crippen molar-refractivity contribution < 1.29 is 19.2 Å². The molecule has 1 saturated carbocycles. The lowest BCUT2D eigenvalue weighted by Crippen LogP contribution is -2.42. The topological polar surface area (TPSA) is 91.9 Å². The van der Waals surface area contributed by atoms with Gasteiger partial charge in [0.2, 0.25) is 11.8 Å². The van der Waals surface area contributed by atoms with Gasteiger partial charge in [0.25, 0.3) is 0 Å². The number of benzene rings is 1. The van der Waals surface area contributed by atoms with E-state index in [1.807, 2.05) is 30.3 Å². The maximum absolute atomic E-state index is 13.0. The summed E-state index contributed by atoms with van der Waals surface area (Å²) in [6, 6.07) is 9.59. The zero-order valence-electron chi connectivity index (χ0n) is 15.0. The molecule has 2 bridgehead atoms. The average Bonchev–Trinajstić information content (AvgIpc) is 3.18. The number of piperidine rings is 1. The van der Waals surface area contributed by atoms with Crippen molar-refractivity contribution in [2.45, 2.75) is 44.4 Å². The summed E-state index contributed by atoms with van der Waals surface area (Å²) in [5.41, 5.74) is 1.11. The van der Waals surface area contributed by atoms with Crippen LogP contribution in [0.2, 0.25) is 0 Å². The molecule has 1 aliphatic carbocycles. The molecule has 2 atom stereocenters. The highest BCUT2D eigenvalue weighted by Gasteiger charge is 2.64. The Morgan fingerprint density at radius 1 is 1.26 bits per heavy atom. The van der Waals surface area contributed by atoms with E-state index in [9.17, 15) is 4.79 Å². The number of aliphatic hydroxyl groups excluding tert-OH is 1. The fourth-order valence-electron chi connectivity index (χ4n) is 4.31. The molecule has 1 aromatic heterocycles. The second kappa shape index (κ2) is 6.31. The molecular weight excluding hydrogens is 348 g/mol. The third-order valence-corrected chi connectivity index (χ3v) is 5.97. The minimum atomic E-state index is -0.221. The lowest BCUT2D eigenvalue weighted by atomic mass is 9.85. The zero-order chi connectivity index (χ0) is 18.4. The lowest BCUT2D eigenvalue weighted by Gasteiger charge is -2.35. The van der Waals surface area contributed by atoms with Gasteiger partial charge in [-0.2, -0.15) is 5.06 Å². The maximum atomic E-state index is 13.0. The van der Waals surface area contributed by atoms with E-state index >= 15 is 0 Å². The fourth-order valence-corrected chi connectivity index (χ4v) is 4.31. The molecule has 1 unspecified atom stereocenters. The number of rotatable bonds is 6. The number of urea groups is 1.